The smallest absolute Gasteiger partial charge is 0.309 e. The molecule has 0 aliphatic carbocycles. The highest BCUT2D eigenvalue weighted by Crippen LogP contribution is 2.10. The lowest BCUT2D eigenvalue weighted by Crippen LogP contribution is -2.23. The summed E-state index contributed by atoms with van der Waals surface area (Å²) in [6, 6.07) is 0. The van der Waals surface area contributed by atoms with Crippen LogP contribution in [0.5, 0.6) is 0 Å². The van der Waals surface area contributed by atoms with E-state index < -0.39 is 17.8 Å². The number of ether oxygens (including phenoxy) is 1. The first-order valence-corrected chi connectivity index (χ1v) is 3.56. The lowest BCUT2D eigenvalue weighted by molar-refractivity contribution is -0.145. The summed E-state index contributed by atoms with van der Waals surface area (Å²) in [5.74, 6) is -2.78. The number of carboxylic acids is 1. The van der Waals surface area contributed by atoms with Crippen molar-refractivity contribution in [2.75, 3.05) is 13.8 Å². The summed E-state index contributed by atoms with van der Waals surface area (Å²) < 4.78 is 8.87. The maximum absolute atomic E-state index is 10.7. The number of carboxylic acid groups (broad SMARTS) is 1. The summed E-state index contributed by atoms with van der Waals surface area (Å²) in [7, 11) is 2.20. The molecule has 3 N–H and O–H groups in total. The monoisotopic (exact) mass is 188 g/mol. The van der Waals surface area contributed by atoms with Gasteiger partial charge in [-0.15, -0.1) is 0 Å². The SMILES string of the molecule is COC(=O)CC([B]OCN)C(=O)O. The van der Waals surface area contributed by atoms with Gasteiger partial charge in [0.05, 0.1) is 26.1 Å². The molecule has 0 heterocycles. The minimum absolute atomic E-state index is 0.120. The van der Waals surface area contributed by atoms with Crippen molar-refractivity contribution in [3.05, 3.63) is 0 Å². The van der Waals surface area contributed by atoms with Gasteiger partial charge in [0, 0.05) is 0 Å². The van der Waals surface area contributed by atoms with Crippen LogP contribution in [0.1, 0.15) is 6.42 Å². The Morgan fingerprint density at radius 3 is 2.62 bits per heavy atom. The van der Waals surface area contributed by atoms with Gasteiger partial charge in [-0.05, 0) is 0 Å². The molecule has 0 spiro atoms. The number of rotatable bonds is 6. The van der Waals surface area contributed by atoms with Gasteiger partial charge in [-0.3, -0.25) is 9.59 Å². The third-order valence-corrected chi connectivity index (χ3v) is 1.29. The van der Waals surface area contributed by atoms with Crippen LogP contribution >= 0.6 is 0 Å². The van der Waals surface area contributed by atoms with Crippen molar-refractivity contribution in [1.82, 2.24) is 0 Å². The number of hydrogen-bond donors (Lipinski definition) is 2. The zero-order valence-electron chi connectivity index (χ0n) is 7.23. The van der Waals surface area contributed by atoms with E-state index >= 15 is 0 Å². The Hall–Kier alpha value is -1.08. The standard InChI is InChI=1S/C6H11BNO5/c1-12-5(9)2-4(6(10)11)7-13-3-8/h4H,2-3,8H2,1H3,(H,10,11). The van der Waals surface area contributed by atoms with E-state index in [2.05, 4.69) is 9.39 Å². The molecule has 0 aromatic rings. The van der Waals surface area contributed by atoms with Crippen LogP contribution in [0.15, 0.2) is 0 Å². The molecule has 13 heavy (non-hydrogen) atoms. The van der Waals surface area contributed by atoms with Crippen molar-refractivity contribution in [3.8, 4) is 0 Å². The van der Waals surface area contributed by atoms with Gasteiger partial charge < -0.3 is 20.2 Å². The van der Waals surface area contributed by atoms with E-state index in [1.54, 1.807) is 0 Å². The molecule has 0 bridgehead atoms. The van der Waals surface area contributed by atoms with E-state index in [1.807, 2.05) is 0 Å². The Morgan fingerprint density at radius 1 is 1.62 bits per heavy atom. The van der Waals surface area contributed by atoms with Crippen LogP contribution in [0.3, 0.4) is 0 Å². The molecule has 0 aliphatic rings. The van der Waals surface area contributed by atoms with Gasteiger partial charge in [-0.25, -0.2) is 0 Å². The first kappa shape index (κ1) is 11.9. The molecule has 1 atom stereocenters. The van der Waals surface area contributed by atoms with Gasteiger partial charge in [0.1, 0.15) is 0 Å². The maximum atomic E-state index is 10.7. The Bertz CT molecular complexity index is 186. The highest BCUT2D eigenvalue weighted by atomic mass is 16.5. The van der Waals surface area contributed by atoms with E-state index in [9.17, 15) is 9.59 Å². The van der Waals surface area contributed by atoms with Gasteiger partial charge in [0.2, 0.25) is 0 Å². The molecule has 6 nitrogen and oxygen atoms in total. The van der Waals surface area contributed by atoms with Crippen molar-refractivity contribution in [1.29, 1.82) is 0 Å². The molecule has 1 radical (unpaired) electrons. The Morgan fingerprint density at radius 2 is 2.23 bits per heavy atom. The Balaban J connectivity index is 3.94. The Labute approximate surface area is 76.3 Å². The van der Waals surface area contributed by atoms with E-state index in [-0.39, 0.29) is 13.2 Å². The number of aliphatic carboxylic acids is 1. The number of methoxy groups -OCH3 is 1. The minimum Gasteiger partial charge on any atom is -0.481 e. The minimum atomic E-state index is -1.15. The van der Waals surface area contributed by atoms with Crippen LogP contribution in [0.2, 0.25) is 5.82 Å². The summed E-state index contributed by atoms with van der Waals surface area (Å²) in [4.78, 5) is 21.2. The molecule has 7 heteroatoms. The second-order valence-electron chi connectivity index (χ2n) is 2.19. The van der Waals surface area contributed by atoms with Crippen molar-refractivity contribution in [2.45, 2.75) is 12.2 Å². The number of carbonyl (C=O) groups is 2. The van der Waals surface area contributed by atoms with Crippen molar-refractivity contribution < 1.29 is 24.1 Å². The van der Waals surface area contributed by atoms with Gasteiger partial charge >= 0.3 is 19.4 Å². The molecular weight excluding hydrogens is 177 g/mol. The summed E-state index contributed by atoms with van der Waals surface area (Å²) in [5, 5.41) is 8.58. The number of nitrogens with two attached hydrogens (primary N) is 1. The highest BCUT2D eigenvalue weighted by Gasteiger charge is 2.23. The third-order valence-electron chi connectivity index (χ3n) is 1.29. The van der Waals surface area contributed by atoms with Crippen LogP contribution in [0, 0.1) is 0 Å². The molecule has 0 aliphatic heterocycles. The predicted octanol–water partition coefficient (Wildman–Crippen LogP) is -1.03. The lowest BCUT2D eigenvalue weighted by atomic mass is 9.78. The first-order chi connectivity index (χ1) is 6.11. The first-order valence-electron chi connectivity index (χ1n) is 3.56. The molecule has 0 aromatic heterocycles. The second kappa shape index (κ2) is 6.44. The van der Waals surface area contributed by atoms with Crippen LogP contribution in [-0.4, -0.2) is 38.4 Å². The van der Waals surface area contributed by atoms with Crippen molar-refractivity contribution >= 4 is 19.4 Å². The van der Waals surface area contributed by atoms with Crippen LogP contribution in [0.25, 0.3) is 0 Å². The maximum Gasteiger partial charge on any atom is 0.309 e. The number of hydrogen-bond acceptors (Lipinski definition) is 5. The van der Waals surface area contributed by atoms with E-state index in [1.165, 1.54) is 7.11 Å². The fraction of sp³-hybridized carbons (Fsp3) is 0.667. The largest absolute Gasteiger partial charge is 0.481 e. The summed E-state index contributed by atoms with van der Waals surface area (Å²) in [6.07, 6.45) is -0.258. The van der Waals surface area contributed by atoms with E-state index in [0.29, 0.717) is 0 Å². The molecule has 0 saturated heterocycles. The molecule has 0 fully saturated rings. The Kier molecular flexibility index (Phi) is 5.91. The molecule has 73 valence electrons. The van der Waals surface area contributed by atoms with Crippen molar-refractivity contribution in [2.24, 2.45) is 5.73 Å². The predicted molar refractivity (Wildman–Crippen MR) is 43.9 cm³/mol. The molecule has 0 saturated carbocycles. The van der Waals surface area contributed by atoms with Gasteiger partial charge in [0.15, 0.2) is 0 Å². The van der Waals surface area contributed by atoms with E-state index in [0.717, 1.165) is 7.48 Å². The van der Waals surface area contributed by atoms with Crippen molar-refractivity contribution in [3.63, 3.8) is 0 Å². The molecular formula is C6H11BNO5. The molecule has 0 aromatic carbocycles. The fourth-order valence-electron chi connectivity index (χ4n) is 0.628. The summed E-state index contributed by atoms with van der Waals surface area (Å²) in [6.45, 7) is -0.120. The van der Waals surface area contributed by atoms with Gasteiger partial charge in [-0.1, -0.05) is 0 Å². The van der Waals surface area contributed by atoms with Crippen LogP contribution in [0.4, 0.5) is 0 Å². The summed E-state index contributed by atoms with van der Waals surface area (Å²) in [5.41, 5.74) is 4.98. The molecule has 0 amide bonds. The normalized spacial score (nSPS) is 11.8. The third kappa shape index (κ3) is 5.21. The number of esters is 1. The van der Waals surface area contributed by atoms with Crippen LogP contribution < -0.4 is 5.73 Å². The lowest BCUT2D eigenvalue weighted by Gasteiger charge is -2.08. The average Bonchev–Trinajstić information content (AvgIpc) is 2.11. The van der Waals surface area contributed by atoms with Gasteiger partial charge in [0.25, 0.3) is 0 Å². The molecule has 1 unspecified atom stereocenters. The van der Waals surface area contributed by atoms with Crippen LogP contribution in [-0.2, 0) is 19.0 Å². The quantitative estimate of drug-likeness (QED) is 0.314. The summed E-state index contributed by atoms with van der Waals surface area (Å²) >= 11 is 0. The topological polar surface area (TPSA) is 98.9 Å². The second-order valence-corrected chi connectivity index (χ2v) is 2.19. The fourth-order valence-corrected chi connectivity index (χ4v) is 0.628. The average molecular weight is 188 g/mol. The zero-order chi connectivity index (χ0) is 10.3. The highest BCUT2D eigenvalue weighted by molar-refractivity contribution is 6.37. The van der Waals surface area contributed by atoms with Gasteiger partial charge in [-0.2, -0.15) is 0 Å². The van der Waals surface area contributed by atoms with E-state index in [4.69, 9.17) is 10.8 Å². The molecule has 0 rings (SSSR count). The number of carbonyl (C=O) groups excluding carboxylic acids is 1. The zero-order valence-corrected chi connectivity index (χ0v) is 7.23.